The number of H-pyrrole nitrogens is 1. The molecule has 13 nitrogen and oxygen atoms in total. The van der Waals surface area contributed by atoms with Crippen LogP contribution in [0.15, 0.2) is 42.8 Å². The number of azo groups is 2. The van der Waals surface area contributed by atoms with Crippen LogP contribution in [0.25, 0.3) is 20.9 Å². The van der Waals surface area contributed by atoms with Crippen LogP contribution in [-0.4, -0.2) is 29.9 Å². The van der Waals surface area contributed by atoms with Crippen LogP contribution in [0.1, 0.15) is 0 Å². The summed E-state index contributed by atoms with van der Waals surface area (Å²) < 4.78 is 0.302. The molecule has 0 spiro atoms. The van der Waals surface area contributed by atoms with Crippen molar-refractivity contribution in [3.63, 3.8) is 0 Å². The lowest BCUT2D eigenvalue weighted by molar-refractivity contribution is -0.117. The first kappa shape index (κ1) is 17.6. The van der Waals surface area contributed by atoms with Crippen molar-refractivity contribution in [3.8, 4) is 0 Å². The third kappa shape index (κ3) is 7.19. The van der Waals surface area contributed by atoms with E-state index in [0.29, 0.717) is 4.51 Å². The summed E-state index contributed by atoms with van der Waals surface area (Å²) >= 11 is 4.96. The molecule has 2 amide bonds. The molecule has 0 aliphatic carbocycles. The standard InChI is InChI=1S/C9H7N11O2S/c10-19-12-3-8(21)17-15-6-1-5(23)2-7(14-6)16-18-9(22)4-13-20-11/h1-2H,3-4H2,(H,14,23). The van der Waals surface area contributed by atoms with Gasteiger partial charge in [0.1, 0.15) is 13.1 Å². The van der Waals surface area contributed by atoms with Crippen molar-refractivity contribution in [2.24, 2.45) is 30.7 Å². The van der Waals surface area contributed by atoms with Gasteiger partial charge in [0.25, 0.3) is 11.8 Å². The highest BCUT2D eigenvalue weighted by Crippen LogP contribution is 2.17. The molecule has 0 atom stereocenters. The van der Waals surface area contributed by atoms with Crippen molar-refractivity contribution in [3.05, 3.63) is 37.5 Å². The lowest BCUT2D eigenvalue weighted by Gasteiger charge is -1.96. The van der Waals surface area contributed by atoms with Crippen LogP contribution >= 0.6 is 12.2 Å². The number of aromatic amines is 1. The molecule has 0 bridgehead atoms. The zero-order valence-corrected chi connectivity index (χ0v) is 12.1. The van der Waals surface area contributed by atoms with Crippen molar-refractivity contribution in [1.29, 1.82) is 0 Å². The van der Waals surface area contributed by atoms with E-state index in [4.69, 9.17) is 23.3 Å². The van der Waals surface area contributed by atoms with Crippen molar-refractivity contribution < 1.29 is 9.59 Å². The van der Waals surface area contributed by atoms with E-state index < -0.39 is 24.9 Å². The van der Waals surface area contributed by atoms with Gasteiger partial charge in [-0.2, -0.15) is 0 Å². The molecular weight excluding hydrogens is 326 g/mol. The second-order valence-corrected chi connectivity index (χ2v) is 4.02. The van der Waals surface area contributed by atoms with E-state index in [9.17, 15) is 9.59 Å². The van der Waals surface area contributed by atoms with Crippen molar-refractivity contribution in [2.45, 2.75) is 0 Å². The van der Waals surface area contributed by atoms with Gasteiger partial charge >= 0.3 is 0 Å². The number of nitrogens with zero attached hydrogens (tertiary/aromatic N) is 10. The van der Waals surface area contributed by atoms with Crippen molar-refractivity contribution >= 4 is 35.7 Å². The summed E-state index contributed by atoms with van der Waals surface area (Å²) in [6, 6.07) is 2.78. The van der Waals surface area contributed by atoms with E-state index in [-0.39, 0.29) is 11.6 Å². The Morgan fingerprint density at radius 3 is 1.83 bits per heavy atom. The number of hydrogen-bond donors (Lipinski definition) is 1. The van der Waals surface area contributed by atoms with Gasteiger partial charge in [-0.05, 0) is 11.1 Å². The topological polar surface area (TPSA) is 197 Å². The van der Waals surface area contributed by atoms with Gasteiger partial charge in [0.05, 0.1) is 0 Å². The number of pyridine rings is 1. The second kappa shape index (κ2) is 9.46. The van der Waals surface area contributed by atoms with Crippen LogP contribution in [0.3, 0.4) is 0 Å². The molecule has 23 heavy (non-hydrogen) atoms. The quantitative estimate of drug-likeness (QED) is 0.359. The summed E-state index contributed by atoms with van der Waals surface area (Å²) in [5, 5.41) is 19.8. The van der Waals surface area contributed by atoms with E-state index in [1.54, 1.807) is 0 Å². The molecule has 0 aliphatic heterocycles. The number of carbonyl (C=O) groups excluding carboxylic acids is 2. The van der Waals surface area contributed by atoms with Gasteiger partial charge in [-0.15, -0.1) is 20.5 Å². The van der Waals surface area contributed by atoms with E-state index in [1.165, 1.54) is 12.1 Å². The number of nitrogens with one attached hydrogen (secondary N) is 1. The van der Waals surface area contributed by atoms with Crippen LogP contribution in [-0.2, 0) is 9.59 Å². The lowest BCUT2D eigenvalue weighted by atomic mass is 10.4. The molecule has 0 radical (unpaired) electrons. The Balaban J connectivity index is 2.89. The fraction of sp³-hybridized carbons (Fsp3) is 0.222. The van der Waals surface area contributed by atoms with Gasteiger partial charge in [0, 0.05) is 26.5 Å². The van der Waals surface area contributed by atoms with E-state index >= 15 is 0 Å². The van der Waals surface area contributed by atoms with Crippen LogP contribution < -0.4 is 0 Å². The van der Waals surface area contributed by atoms with Gasteiger partial charge in [0.2, 0.25) is 0 Å². The van der Waals surface area contributed by atoms with Crippen LogP contribution in [0.5, 0.6) is 0 Å². The molecule has 1 heterocycles. The Morgan fingerprint density at radius 1 is 1.00 bits per heavy atom. The molecule has 1 aromatic heterocycles. The third-order valence-corrected chi connectivity index (χ3v) is 2.13. The Hall–Kier alpha value is -3.47. The number of hydrogen-bond acceptors (Lipinski definition) is 7. The number of carbonyl (C=O) groups is 2. The molecule has 0 aliphatic rings. The number of amides is 2. The molecule has 0 saturated heterocycles. The summed E-state index contributed by atoms with van der Waals surface area (Å²) in [4.78, 5) is 29.8. The average molecular weight is 333 g/mol. The summed E-state index contributed by atoms with van der Waals surface area (Å²) in [7, 11) is 0. The fourth-order valence-corrected chi connectivity index (χ4v) is 1.31. The van der Waals surface area contributed by atoms with E-state index in [1.807, 2.05) is 0 Å². The minimum atomic E-state index is -0.751. The number of azide groups is 2. The molecule has 1 aromatic rings. The van der Waals surface area contributed by atoms with E-state index in [0.717, 1.165) is 0 Å². The summed E-state index contributed by atoms with van der Waals surface area (Å²) in [6.07, 6.45) is 0. The van der Waals surface area contributed by atoms with Crippen LogP contribution in [0.2, 0.25) is 0 Å². The average Bonchev–Trinajstić information content (AvgIpc) is 2.53. The van der Waals surface area contributed by atoms with Crippen LogP contribution in [0.4, 0.5) is 11.6 Å². The Morgan fingerprint density at radius 2 is 1.43 bits per heavy atom. The molecular formula is C9H7N11O2S. The number of rotatable bonds is 6. The highest BCUT2D eigenvalue weighted by atomic mass is 32.1. The zero-order valence-electron chi connectivity index (χ0n) is 11.3. The molecule has 0 unspecified atom stereocenters. The third-order valence-electron chi connectivity index (χ3n) is 1.89. The van der Waals surface area contributed by atoms with Crippen molar-refractivity contribution in [2.75, 3.05) is 13.1 Å². The van der Waals surface area contributed by atoms with Gasteiger partial charge in [-0.25, -0.2) is 0 Å². The molecule has 0 aromatic carbocycles. The maximum Gasteiger partial charge on any atom is 0.270 e. The first-order chi connectivity index (χ1) is 11.0. The van der Waals surface area contributed by atoms with Crippen LogP contribution in [0, 0.1) is 4.51 Å². The minimum absolute atomic E-state index is 0.0863. The first-order valence-electron chi connectivity index (χ1n) is 5.70. The molecule has 14 heteroatoms. The predicted molar refractivity (Wildman–Crippen MR) is 78.7 cm³/mol. The molecule has 0 fully saturated rings. The largest absolute Gasteiger partial charge is 0.322 e. The summed E-state index contributed by atoms with van der Waals surface area (Å²) in [6.45, 7) is -0.928. The second-order valence-electron chi connectivity index (χ2n) is 3.55. The molecule has 1 N–H and O–H groups in total. The maximum atomic E-state index is 11.2. The number of aromatic nitrogens is 1. The highest BCUT2D eigenvalue weighted by molar-refractivity contribution is 7.71. The summed E-state index contributed by atoms with van der Waals surface area (Å²) in [5.74, 6) is -1.33. The lowest BCUT2D eigenvalue weighted by Crippen LogP contribution is -1.95. The fourth-order valence-electron chi connectivity index (χ4n) is 1.09. The predicted octanol–water partition coefficient (Wildman–Crippen LogP) is 3.59. The first-order valence-corrected chi connectivity index (χ1v) is 6.11. The monoisotopic (exact) mass is 333 g/mol. The smallest absolute Gasteiger partial charge is 0.270 e. The van der Waals surface area contributed by atoms with Gasteiger partial charge in [-0.3, -0.25) is 9.59 Å². The normalized spacial score (nSPS) is 10.3. The van der Waals surface area contributed by atoms with E-state index in [2.05, 4.69) is 45.5 Å². The molecule has 116 valence electrons. The van der Waals surface area contributed by atoms with Gasteiger partial charge in [-0.1, -0.05) is 22.4 Å². The Bertz CT molecular complexity index is 750. The Kier molecular flexibility index (Phi) is 7.23. The van der Waals surface area contributed by atoms with Gasteiger partial charge in [0.15, 0.2) is 11.6 Å². The zero-order chi connectivity index (χ0) is 17.1. The summed E-state index contributed by atoms with van der Waals surface area (Å²) in [5.41, 5.74) is 16.1. The maximum absolute atomic E-state index is 11.2. The Labute approximate surface area is 132 Å². The minimum Gasteiger partial charge on any atom is -0.322 e. The highest BCUT2D eigenvalue weighted by Gasteiger charge is 2.00. The molecule has 1 rings (SSSR count). The molecule has 0 saturated carbocycles. The SMILES string of the molecule is [N-]=[N+]=NCC(=O)N=Nc1cc(=S)cc(N=NC(=O)CN=[N+]=[N-])[nH]1. The van der Waals surface area contributed by atoms with Gasteiger partial charge < -0.3 is 4.98 Å². The van der Waals surface area contributed by atoms with Crippen molar-refractivity contribution in [1.82, 2.24) is 4.98 Å².